The third-order valence-corrected chi connectivity index (χ3v) is 3.59. The summed E-state index contributed by atoms with van der Waals surface area (Å²) in [6.45, 7) is 1.10. The lowest BCUT2D eigenvalue weighted by Crippen LogP contribution is -2.26. The molecule has 0 aliphatic heterocycles. The fourth-order valence-electron chi connectivity index (χ4n) is 2.42. The summed E-state index contributed by atoms with van der Waals surface area (Å²) in [4.78, 5) is 18.8. The molecule has 0 unspecified atom stereocenters. The summed E-state index contributed by atoms with van der Waals surface area (Å²) >= 11 is 0. The van der Waals surface area contributed by atoms with Gasteiger partial charge >= 0.3 is 0 Å². The molecule has 5 nitrogen and oxygen atoms in total. The van der Waals surface area contributed by atoms with Crippen molar-refractivity contribution in [3.63, 3.8) is 0 Å². The van der Waals surface area contributed by atoms with Crippen LogP contribution in [0, 0.1) is 5.82 Å². The number of aromatic amines is 1. The Morgan fingerprint density at radius 3 is 3.09 bits per heavy atom. The van der Waals surface area contributed by atoms with Gasteiger partial charge in [-0.05, 0) is 29.7 Å². The molecule has 0 saturated heterocycles. The van der Waals surface area contributed by atoms with E-state index in [1.807, 2.05) is 16.8 Å². The smallest absolute Gasteiger partial charge is 0.221 e. The van der Waals surface area contributed by atoms with Gasteiger partial charge in [-0.15, -0.1) is 0 Å². The molecule has 22 heavy (non-hydrogen) atoms. The van der Waals surface area contributed by atoms with Gasteiger partial charge in [0.2, 0.25) is 5.91 Å². The Kier molecular flexibility index (Phi) is 4.18. The normalized spacial score (nSPS) is 11.0. The number of carbonyl (C=O) groups is 1. The molecule has 2 heterocycles. The van der Waals surface area contributed by atoms with Crippen molar-refractivity contribution < 1.29 is 9.18 Å². The number of imidazole rings is 1. The largest absolute Gasteiger partial charge is 0.356 e. The topological polar surface area (TPSA) is 62.7 Å². The maximum atomic E-state index is 13.3. The Labute approximate surface area is 127 Å². The Balaban J connectivity index is 1.50. The Hall–Kier alpha value is -2.63. The number of carbonyl (C=O) groups excluding carboxylic acids is 1. The van der Waals surface area contributed by atoms with Gasteiger partial charge in [0, 0.05) is 44.0 Å². The molecule has 0 fully saturated rings. The zero-order valence-electron chi connectivity index (χ0n) is 12.1. The van der Waals surface area contributed by atoms with Crippen LogP contribution in [0.5, 0.6) is 0 Å². The number of amides is 1. The lowest BCUT2D eigenvalue weighted by Gasteiger charge is -2.07. The fourth-order valence-corrected chi connectivity index (χ4v) is 2.42. The van der Waals surface area contributed by atoms with E-state index in [9.17, 15) is 9.18 Å². The molecular weight excluding hydrogens is 283 g/mol. The van der Waals surface area contributed by atoms with Crippen molar-refractivity contribution in [3.8, 4) is 0 Å². The second-order valence-corrected chi connectivity index (χ2v) is 5.14. The number of nitrogens with one attached hydrogen (secondary N) is 2. The molecule has 0 aliphatic carbocycles. The minimum absolute atomic E-state index is 0.0160. The van der Waals surface area contributed by atoms with Crippen molar-refractivity contribution in [2.24, 2.45) is 0 Å². The van der Waals surface area contributed by atoms with Crippen LogP contribution in [0.15, 0.2) is 43.0 Å². The molecule has 1 aromatic carbocycles. The molecule has 114 valence electrons. The Morgan fingerprint density at radius 1 is 1.36 bits per heavy atom. The van der Waals surface area contributed by atoms with Crippen LogP contribution < -0.4 is 5.32 Å². The van der Waals surface area contributed by atoms with Crippen LogP contribution in [-0.4, -0.2) is 27.0 Å². The summed E-state index contributed by atoms with van der Waals surface area (Å²) in [5, 5.41) is 3.84. The number of benzene rings is 1. The Morgan fingerprint density at radius 2 is 2.27 bits per heavy atom. The van der Waals surface area contributed by atoms with Crippen molar-refractivity contribution in [2.75, 3.05) is 6.54 Å². The predicted molar refractivity (Wildman–Crippen MR) is 81.8 cm³/mol. The molecule has 0 saturated carbocycles. The van der Waals surface area contributed by atoms with Gasteiger partial charge in [-0.25, -0.2) is 9.37 Å². The number of hydrogen-bond acceptors (Lipinski definition) is 2. The van der Waals surface area contributed by atoms with Crippen molar-refractivity contribution >= 4 is 16.8 Å². The quantitative estimate of drug-likeness (QED) is 0.733. The summed E-state index contributed by atoms with van der Waals surface area (Å²) in [7, 11) is 0. The maximum Gasteiger partial charge on any atom is 0.221 e. The molecular formula is C16H17FN4O. The zero-order chi connectivity index (χ0) is 15.4. The number of aryl methyl sites for hydroxylation is 1. The van der Waals surface area contributed by atoms with Crippen molar-refractivity contribution in [1.29, 1.82) is 0 Å². The van der Waals surface area contributed by atoms with Gasteiger partial charge in [0.15, 0.2) is 0 Å². The molecule has 0 aliphatic rings. The van der Waals surface area contributed by atoms with E-state index in [0.717, 1.165) is 23.0 Å². The van der Waals surface area contributed by atoms with E-state index in [1.165, 1.54) is 12.1 Å². The van der Waals surface area contributed by atoms with Gasteiger partial charge in [-0.2, -0.15) is 0 Å². The highest BCUT2D eigenvalue weighted by atomic mass is 19.1. The van der Waals surface area contributed by atoms with E-state index in [4.69, 9.17) is 0 Å². The van der Waals surface area contributed by atoms with Gasteiger partial charge in [-0.1, -0.05) is 0 Å². The highest BCUT2D eigenvalue weighted by Gasteiger charge is 2.06. The first-order valence-corrected chi connectivity index (χ1v) is 7.21. The molecule has 2 aromatic heterocycles. The molecule has 3 rings (SSSR count). The van der Waals surface area contributed by atoms with Crippen molar-refractivity contribution in [3.05, 3.63) is 54.5 Å². The minimum Gasteiger partial charge on any atom is -0.356 e. The minimum atomic E-state index is -0.267. The zero-order valence-corrected chi connectivity index (χ0v) is 12.1. The third kappa shape index (κ3) is 3.33. The lowest BCUT2D eigenvalue weighted by molar-refractivity contribution is -0.121. The second-order valence-electron chi connectivity index (χ2n) is 5.14. The fraction of sp³-hybridized carbons (Fsp3) is 0.250. The monoisotopic (exact) mass is 300 g/mol. The molecule has 2 N–H and O–H groups in total. The number of fused-ring (bicyclic) bond motifs is 1. The van der Waals surface area contributed by atoms with Crippen LogP contribution in [0.4, 0.5) is 4.39 Å². The molecule has 0 spiro atoms. The molecule has 0 bridgehead atoms. The van der Waals surface area contributed by atoms with Crippen LogP contribution in [0.3, 0.4) is 0 Å². The number of nitrogens with zero attached hydrogens (tertiary/aromatic N) is 2. The molecule has 1 amide bonds. The van der Waals surface area contributed by atoms with Gasteiger partial charge in [0.25, 0.3) is 0 Å². The summed E-state index contributed by atoms with van der Waals surface area (Å²) in [6.07, 6.45) is 6.33. The van der Waals surface area contributed by atoms with E-state index in [1.54, 1.807) is 18.6 Å². The van der Waals surface area contributed by atoms with Crippen LogP contribution in [0.25, 0.3) is 10.9 Å². The first kappa shape index (κ1) is 14.3. The third-order valence-electron chi connectivity index (χ3n) is 3.59. The van der Waals surface area contributed by atoms with E-state index in [0.29, 0.717) is 19.5 Å². The SMILES string of the molecule is O=C(CCn1ccc2ccc(F)cc21)NCCc1cnc[nH]1. The number of aromatic nitrogens is 3. The number of hydrogen-bond donors (Lipinski definition) is 2. The van der Waals surface area contributed by atoms with E-state index < -0.39 is 0 Å². The first-order chi connectivity index (χ1) is 10.7. The van der Waals surface area contributed by atoms with Gasteiger partial charge < -0.3 is 14.9 Å². The van der Waals surface area contributed by atoms with Gasteiger partial charge in [0.05, 0.1) is 11.8 Å². The summed E-state index contributed by atoms with van der Waals surface area (Å²) in [6, 6.07) is 6.59. The number of halogens is 1. The Bertz CT molecular complexity index is 764. The van der Waals surface area contributed by atoms with Crippen LogP contribution in [0.2, 0.25) is 0 Å². The predicted octanol–water partition coefficient (Wildman–Crippen LogP) is 2.25. The van der Waals surface area contributed by atoms with E-state index >= 15 is 0 Å². The maximum absolute atomic E-state index is 13.3. The van der Waals surface area contributed by atoms with E-state index in [2.05, 4.69) is 15.3 Å². The second kappa shape index (κ2) is 6.43. The number of rotatable bonds is 6. The first-order valence-electron chi connectivity index (χ1n) is 7.21. The van der Waals surface area contributed by atoms with Crippen LogP contribution >= 0.6 is 0 Å². The average molecular weight is 300 g/mol. The summed E-state index contributed by atoms with van der Waals surface area (Å²) in [5.74, 6) is -0.283. The molecule has 3 aromatic rings. The molecule has 6 heteroatoms. The summed E-state index contributed by atoms with van der Waals surface area (Å²) in [5.41, 5.74) is 1.80. The lowest BCUT2D eigenvalue weighted by atomic mass is 10.2. The van der Waals surface area contributed by atoms with Crippen LogP contribution in [-0.2, 0) is 17.8 Å². The molecule has 0 radical (unpaired) electrons. The van der Waals surface area contributed by atoms with Gasteiger partial charge in [0.1, 0.15) is 5.82 Å². The number of H-pyrrole nitrogens is 1. The van der Waals surface area contributed by atoms with Crippen molar-refractivity contribution in [1.82, 2.24) is 19.9 Å². The van der Waals surface area contributed by atoms with Crippen molar-refractivity contribution in [2.45, 2.75) is 19.4 Å². The highest BCUT2D eigenvalue weighted by Crippen LogP contribution is 2.17. The molecule has 0 atom stereocenters. The van der Waals surface area contributed by atoms with Crippen LogP contribution in [0.1, 0.15) is 12.1 Å². The average Bonchev–Trinajstić information content (AvgIpc) is 3.14. The van der Waals surface area contributed by atoms with E-state index in [-0.39, 0.29) is 11.7 Å². The summed E-state index contributed by atoms with van der Waals surface area (Å²) < 4.78 is 15.2. The standard InChI is InChI=1S/C16H17FN4O/c17-13-2-1-12-4-7-21(15(12)9-13)8-5-16(22)19-6-3-14-10-18-11-20-14/h1-2,4,7,9-11H,3,5-6,8H2,(H,18,20)(H,19,22). The van der Waals surface area contributed by atoms with Gasteiger partial charge in [-0.3, -0.25) is 4.79 Å². The highest BCUT2D eigenvalue weighted by molar-refractivity contribution is 5.80.